The molecule has 0 unspecified atom stereocenters. The van der Waals surface area contributed by atoms with E-state index in [1.54, 1.807) is 9.80 Å². The molecule has 5 heteroatoms. The summed E-state index contributed by atoms with van der Waals surface area (Å²) < 4.78 is 0. The van der Waals surface area contributed by atoms with Gasteiger partial charge in [0.05, 0.1) is 5.92 Å². The van der Waals surface area contributed by atoms with Gasteiger partial charge < -0.3 is 14.9 Å². The summed E-state index contributed by atoms with van der Waals surface area (Å²) >= 11 is 0. The topological polar surface area (TPSA) is 60.9 Å². The van der Waals surface area contributed by atoms with E-state index in [1.807, 2.05) is 7.05 Å². The normalized spacial score (nSPS) is 24.5. The van der Waals surface area contributed by atoms with E-state index in [2.05, 4.69) is 0 Å². The van der Waals surface area contributed by atoms with Crippen molar-refractivity contribution in [1.29, 1.82) is 0 Å². The Morgan fingerprint density at radius 1 is 1.21 bits per heavy atom. The molecule has 2 rings (SSSR count). The Morgan fingerprint density at radius 2 is 1.89 bits per heavy atom. The van der Waals surface area contributed by atoms with E-state index >= 15 is 0 Å². The van der Waals surface area contributed by atoms with Crippen LogP contribution < -0.4 is 0 Å². The first kappa shape index (κ1) is 14.2. The molecule has 0 spiro atoms. The fourth-order valence-electron chi connectivity index (χ4n) is 3.25. The van der Waals surface area contributed by atoms with E-state index in [9.17, 15) is 9.59 Å². The highest BCUT2D eigenvalue weighted by Gasteiger charge is 2.30. The fourth-order valence-corrected chi connectivity index (χ4v) is 3.25. The Morgan fingerprint density at radius 3 is 2.53 bits per heavy atom. The Kier molecular flexibility index (Phi) is 4.66. The van der Waals surface area contributed by atoms with E-state index < -0.39 is 11.9 Å². The lowest BCUT2D eigenvalue weighted by Gasteiger charge is -2.34. The highest BCUT2D eigenvalue weighted by molar-refractivity contribution is 5.76. The van der Waals surface area contributed by atoms with Gasteiger partial charge in [0.1, 0.15) is 0 Å². The first-order valence-electron chi connectivity index (χ1n) is 7.30. The molecule has 1 aliphatic heterocycles. The summed E-state index contributed by atoms with van der Waals surface area (Å²) in [6.45, 7) is 1.87. The van der Waals surface area contributed by atoms with Crippen molar-refractivity contribution in [3.8, 4) is 0 Å². The van der Waals surface area contributed by atoms with Crippen molar-refractivity contribution in [3.05, 3.63) is 0 Å². The highest BCUT2D eigenvalue weighted by atomic mass is 16.4. The van der Waals surface area contributed by atoms with Gasteiger partial charge in [-0.1, -0.05) is 12.8 Å². The first-order chi connectivity index (χ1) is 9.08. The molecule has 1 N–H and O–H groups in total. The number of carboxylic acids is 1. The summed E-state index contributed by atoms with van der Waals surface area (Å²) in [6.07, 6.45) is 6.46. The maximum Gasteiger partial charge on any atom is 0.319 e. The minimum absolute atomic E-state index is 0.00199. The SMILES string of the molecule is CN(CC1CCCC1)C(=O)N1CCC[C@@H](C(=O)O)C1. The van der Waals surface area contributed by atoms with E-state index in [-0.39, 0.29) is 6.03 Å². The zero-order valence-electron chi connectivity index (χ0n) is 11.7. The number of rotatable bonds is 3. The molecule has 1 aliphatic carbocycles. The van der Waals surface area contributed by atoms with Crippen molar-refractivity contribution in [2.75, 3.05) is 26.7 Å². The molecule has 0 aromatic rings. The van der Waals surface area contributed by atoms with Crippen molar-refractivity contribution in [2.45, 2.75) is 38.5 Å². The van der Waals surface area contributed by atoms with Crippen LogP contribution in [0.15, 0.2) is 0 Å². The van der Waals surface area contributed by atoms with Gasteiger partial charge in [0, 0.05) is 26.7 Å². The number of aliphatic carboxylic acids is 1. The molecule has 0 radical (unpaired) electrons. The number of carbonyl (C=O) groups excluding carboxylic acids is 1. The van der Waals surface area contributed by atoms with Gasteiger partial charge in [0.25, 0.3) is 0 Å². The molecule has 0 aromatic heterocycles. The third-order valence-electron chi connectivity index (χ3n) is 4.37. The lowest BCUT2D eigenvalue weighted by atomic mass is 9.98. The summed E-state index contributed by atoms with van der Waals surface area (Å²) in [6, 6.07) is -0.00199. The number of urea groups is 1. The molecule has 2 amide bonds. The minimum atomic E-state index is -0.782. The summed E-state index contributed by atoms with van der Waals surface area (Å²) in [5, 5.41) is 9.05. The van der Waals surface area contributed by atoms with Crippen LogP contribution in [0.25, 0.3) is 0 Å². The second-order valence-corrected chi connectivity index (χ2v) is 5.94. The molecule has 0 aromatic carbocycles. The van der Waals surface area contributed by atoms with Gasteiger partial charge in [0.2, 0.25) is 0 Å². The molecule has 1 atom stereocenters. The van der Waals surface area contributed by atoms with Crippen LogP contribution in [-0.2, 0) is 4.79 Å². The third kappa shape index (κ3) is 3.61. The molecule has 2 aliphatic rings. The fraction of sp³-hybridized carbons (Fsp3) is 0.857. The molecular weight excluding hydrogens is 244 g/mol. The van der Waals surface area contributed by atoms with Crippen LogP contribution in [0.3, 0.4) is 0 Å². The molecule has 19 heavy (non-hydrogen) atoms. The zero-order valence-corrected chi connectivity index (χ0v) is 11.7. The molecular formula is C14H24N2O3. The smallest absolute Gasteiger partial charge is 0.319 e. The van der Waals surface area contributed by atoms with Crippen LogP contribution in [0.5, 0.6) is 0 Å². The average molecular weight is 268 g/mol. The zero-order chi connectivity index (χ0) is 13.8. The van der Waals surface area contributed by atoms with Crippen molar-refractivity contribution in [3.63, 3.8) is 0 Å². The lowest BCUT2D eigenvalue weighted by Crippen LogP contribution is -2.48. The van der Waals surface area contributed by atoms with Gasteiger partial charge in [-0.2, -0.15) is 0 Å². The predicted molar refractivity (Wildman–Crippen MR) is 71.9 cm³/mol. The maximum atomic E-state index is 12.3. The van der Waals surface area contributed by atoms with Gasteiger partial charge in [-0.05, 0) is 31.6 Å². The molecule has 1 heterocycles. The summed E-state index contributed by atoms with van der Waals surface area (Å²) in [7, 11) is 1.84. The number of nitrogens with zero attached hydrogens (tertiary/aromatic N) is 2. The van der Waals surface area contributed by atoms with Gasteiger partial charge in [-0.15, -0.1) is 0 Å². The molecule has 1 saturated carbocycles. The Bertz CT molecular complexity index is 340. The Hall–Kier alpha value is -1.26. The van der Waals surface area contributed by atoms with Crippen molar-refractivity contribution in [1.82, 2.24) is 9.80 Å². The standard InChI is InChI=1S/C14H24N2O3/c1-15(9-11-5-2-3-6-11)14(19)16-8-4-7-12(10-16)13(17)18/h11-12H,2-10H2,1H3,(H,17,18)/t12-/m1/s1. The first-order valence-corrected chi connectivity index (χ1v) is 7.30. The molecule has 108 valence electrons. The average Bonchev–Trinajstić information content (AvgIpc) is 2.90. The van der Waals surface area contributed by atoms with Gasteiger partial charge in [-0.25, -0.2) is 4.79 Å². The summed E-state index contributed by atoms with van der Waals surface area (Å²) in [4.78, 5) is 26.8. The highest BCUT2D eigenvalue weighted by Crippen LogP contribution is 2.26. The van der Waals surface area contributed by atoms with Crippen LogP contribution >= 0.6 is 0 Å². The van der Waals surface area contributed by atoms with Crippen molar-refractivity contribution in [2.24, 2.45) is 11.8 Å². The van der Waals surface area contributed by atoms with E-state index in [0.29, 0.717) is 25.4 Å². The third-order valence-corrected chi connectivity index (χ3v) is 4.37. The van der Waals surface area contributed by atoms with Crippen molar-refractivity contribution >= 4 is 12.0 Å². The summed E-state index contributed by atoms with van der Waals surface area (Å²) in [5.74, 6) is -0.539. The maximum absolute atomic E-state index is 12.3. The number of hydrogen-bond acceptors (Lipinski definition) is 2. The van der Waals surface area contributed by atoms with E-state index in [1.165, 1.54) is 25.7 Å². The Labute approximate surface area is 114 Å². The quantitative estimate of drug-likeness (QED) is 0.852. The van der Waals surface area contributed by atoms with Crippen LogP contribution in [0.1, 0.15) is 38.5 Å². The number of carboxylic acid groups (broad SMARTS) is 1. The molecule has 1 saturated heterocycles. The van der Waals surface area contributed by atoms with Crippen LogP contribution in [0, 0.1) is 11.8 Å². The second kappa shape index (κ2) is 6.26. The predicted octanol–water partition coefficient (Wildman–Crippen LogP) is 2.03. The largest absolute Gasteiger partial charge is 0.481 e. The number of hydrogen-bond donors (Lipinski definition) is 1. The monoisotopic (exact) mass is 268 g/mol. The number of likely N-dealkylation sites (tertiary alicyclic amines) is 1. The van der Waals surface area contributed by atoms with Crippen molar-refractivity contribution < 1.29 is 14.7 Å². The van der Waals surface area contributed by atoms with Crippen LogP contribution in [0.4, 0.5) is 4.79 Å². The number of amides is 2. The summed E-state index contributed by atoms with van der Waals surface area (Å²) in [5.41, 5.74) is 0. The Balaban J connectivity index is 1.85. The van der Waals surface area contributed by atoms with Gasteiger partial charge >= 0.3 is 12.0 Å². The van der Waals surface area contributed by atoms with Crippen LogP contribution in [0.2, 0.25) is 0 Å². The van der Waals surface area contributed by atoms with Gasteiger partial charge in [0.15, 0.2) is 0 Å². The number of carbonyl (C=O) groups is 2. The van der Waals surface area contributed by atoms with Crippen LogP contribution in [-0.4, -0.2) is 53.6 Å². The van der Waals surface area contributed by atoms with E-state index in [0.717, 1.165) is 13.0 Å². The lowest BCUT2D eigenvalue weighted by molar-refractivity contribution is -0.143. The minimum Gasteiger partial charge on any atom is -0.481 e. The van der Waals surface area contributed by atoms with Gasteiger partial charge in [-0.3, -0.25) is 4.79 Å². The van der Waals surface area contributed by atoms with E-state index in [4.69, 9.17) is 5.11 Å². The molecule has 2 fully saturated rings. The second-order valence-electron chi connectivity index (χ2n) is 5.94. The molecule has 0 bridgehead atoms. The number of piperidine rings is 1. The molecule has 5 nitrogen and oxygen atoms in total.